The summed E-state index contributed by atoms with van der Waals surface area (Å²) in [6.07, 6.45) is 1.99. The summed E-state index contributed by atoms with van der Waals surface area (Å²) < 4.78 is 7.16. The molecule has 0 unspecified atom stereocenters. The fraction of sp³-hybridized carbons (Fsp3) is 0.231. The molecule has 0 spiro atoms. The number of hydrogen-bond acceptors (Lipinski definition) is 7. The SMILES string of the molecule is CCOC(=O)CCN(c1ccc2c(c1)nc(CNc1ccc(C#N)cc1)n2C)c1ccccn1. The molecule has 0 aliphatic rings. The van der Waals surface area contributed by atoms with Crippen LogP contribution in [0, 0.1) is 11.3 Å². The third-order valence-corrected chi connectivity index (χ3v) is 5.50. The van der Waals surface area contributed by atoms with E-state index in [2.05, 4.69) is 20.9 Å². The quantitative estimate of drug-likeness (QED) is 0.371. The highest BCUT2D eigenvalue weighted by molar-refractivity contribution is 5.82. The summed E-state index contributed by atoms with van der Waals surface area (Å²) in [5, 5.41) is 12.3. The lowest BCUT2D eigenvalue weighted by Crippen LogP contribution is -2.22. The Labute approximate surface area is 198 Å². The standard InChI is InChI=1S/C26H26N6O2/c1-3-34-26(33)13-15-32(24-6-4-5-14-28-24)21-11-12-23-22(16-21)30-25(31(23)2)18-29-20-9-7-19(17-27)8-10-20/h4-12,14,16,29H,3,13,15,18H2,1-2H3. The zero-order valence-corrected chi connectivity index (χ0v) is 19.2. The van der Waals surface area contributed by atoms with Gasteiger partial charge in [0.25, 0.3) is 0 Å². The van der Waals surface area contributed by atoms with E-state index in [0.717, 1.165) is 34.1 Å². The van der Waals surface area contributed by atoms with Gasteiger partial charge in [0.15, 0.2) is 0 Å². The van der Waals surface area contributed by atoms with Gasteiger partial charge in [-0.15, -0.1) is 0 Å². The number of anilines is 3. The molecule has 0 bridgehead atoms. The number of imidazole rings is 1. The third-order valence-electron chi connectivity index (χ3n) is 5.50. The molecule has 2 aromatic carbocycles. The normalized spacial score (nSPS) is 10.6. The van der Waals surface area contributed by atoms with E-state index in [1.807, 2.05) is 60.5 Å². The molecule has 172 valence electrons. The molecule has 8 heteroatoms. The number of pyridine rings is 1. The van der Waals surface area contributed by atoms with Crippen molar-refractivity contribution in [2.24, 2.45) is 7.05 Å². The Kier molecular flexibility index (Phi) is 7.04. The Hall–Kier alpha value is -4.38. The molecular formula is C26H26N6O2. The number of nitriles is 1. The second kappa shape index (κ2) is 10.5. The molecule has 0 aliphatic carbocycles. The average molecular weight is 455 g/mol. The number of carbonyl (C=O) groups is 1. The first-order chi connectivity index (χ1) is 16.6. The Morgan fingerprint density at radius 2 is 2.00 bits per heavy atom. The highest BCUT2D eigenvalue weighted by Gasteiger charge is 2.16. The van der Waals surface area contributed by atoms with Crippen LogP contribution in [-0.4, -0.2) is 33.7 Å². The van der Waals surface area contributed by atoms with Crippen molar-refractivity contribution in [2.75, 3.05) is 23.4 Å². The fourth-order valence-corrected chi connectivity index (χ4v) is 3.73. The molecule has 0 fully saturated rings. The lowest BCUT2D eigenvalue weighted by Gasteiger charge is -2.23. The van der Waals surface area contributed by atoms with Crippen LogP contribution >= 0.6 is 0 Å². The summed E-state index contributed by atoms with van der Waals surface area (Å²) in [5.41, 5.74) is 4.31. The number of benzene rings is 2. The Morgan fingerprint density at radius 3 is 2.71 bits per heavy atom. The van der Waals surface area contributed by atoms with Crippen LogP contribution in [0.5, 0.6) is 0 Å². The number of nitrogens with one attached hydrogen (secondary N) is 1. The molecule has 0 atom stereocenters. The predicted octanol–water partition coefficient (Wildman–Crippen LogP) is 4.54. The predicted molar refractivity (Wildman–Crippen MR) is 132 cm³/mol. The van der Waals surface area contributed by atoms with E-state index in [-0.39, 0.29) is 12.4 Å². The van der Waals surface area contributed by atoms with Crippen LogP contribution in [0.25, 0.3) is 11.0 Å². The van der Waals surface area contributed by atoms with Gasteiger partial charge >= 0.3 is 5.97 Å². The van der Waals surface area contributed by atoms with E-state index in [1.54, 1.807) is 25.3 Å². The highest BCUT2D eigenvalue weighted by Crippen LogP contribution is 2.28. The topological polar surface area (TPSA) is 96.1 Å². The van der Waals surface area contributed by atoms with Crippen molar-refractivity contribution >= 4 is 34.2 Å². The minimum Gasteiger partial charge on any atom is -0.466 e. The van der Waals surface area contributed by atoms with Gasteiger partial charge < -0.3 is 19.5 Å². The number of hydrogen-bond donors (Lipinski definition) is 1. The molecule has 2 heterocycles. The summed E-state index contributed by atoms with van der Waals surface area (Å²) in [5.74, 6) is 1.40. The van der Waals surface area contributed by atoms with Crippen molar-refractivity contribution in [3.63, 3.8) is 0 Å². The van der Waals surface area contributed by atoms with Crippen LogP contribution in [-0.2, 0) is 23.1 Å². The van der Waals surface area contributed by atoms with Gasteiger partial charge in [0.1, 0.15) is 11.6 Å². The molecule has 34 heavy (non-hydrogen) atoms. The van der Waals surface area contributed by atoms with Gasteiger partial charge in [0, 0.05) is 31.2 Å². The van der Waals surface area contributed by atoms with Gasteiger partial charge in [-0.2, -0.15) is 5.26 Å². The number of esters is 1. The molecule has 0 amide bonds. The van der Waals surface area contributed by atoms with Crippen molar-refractivity contribution < 1.29 is 9.53 Å². The zero-order chi connectivity index (χ0) is 23.9. The van der Waals surface area contributed by atoms with Crippen molar-refractivity contribution in [2.45, 2.75) is 19.9 Å². The molecule has 8 nitrogen and oxygen atoms in total. The number of rotatable bonds is 9. The number of aryl methyl sites for hydroxylation is 1. The summed E-state index contributed by atoms with van der Waals surface area (Å²) >= 11 is 0. The monoisotopic (exact) mass is 454 g/mol. The number of aromatic nitrogens is 3. The second-order valence-corrected chi connectivity index (χ2v) is 7.70. The number of nitrogens with zero attached hydrogens (tertiary/aromatic N) is 5. The second-order valence-electron chi connectivity index (χ2n) is 7.70. The minimum absolute atomic E-state index is 0.237. The molecule has 0 aliphatic heterocycles. The van der Waals surface area contributed by atoms with Gasteiger partial charge in [0.05, 0.1) is 42.2 Å². The molecule has 1 N–H and O–H groups in total. The average Bonchev–Trinajstić information content (AvgIpc) is 3.18. The van der Waals surface area contributed by atoms with E-state index < -0.39 is 0 Å². The van der Waals surface area contributed by atoms with E-state index in [1.165, 1.54) is 0 Å². The summed E-state index contributed by atoms with van der Waals surface area (Å²) in [4.78, 5) is 23.3. The van der Waals surface area contributed by atoms with Crippen LogP contribution in [0.4, 0.5) is 17.2 Å². The van der Waals surface area contributed by atoms with Crippen molar-refractivity contribution in [1.82, 2.24) is 14.5 Å². The van der Waals surface area contributed by atoms with Crippen LogP contribution in [0.3, 0.4) is 0 Å². The first kappa shape index (κ1) is 22.8. The molecule has 0 saturated carbocycles. The molecule has 2 aromatic heterocycles. The Morgan fingerprint density at radius 1 is 1.18 bits per heavy atom. The van der Waals surface area contributed by atoms with Gasteiger partial charge in [-0.3, -0.25) is 4.79 Å². The van der Waals surface area contributed by atoms with E-state index in [9.17, 15) is 4.79 Å². The molecular weight excluding hydrogens is 428 g/mol. The number of ether oxygens (including phenoxy) is 1. The first-order valence-corrected chi connectivity index (χ1v) is 11.1. The maximum Gasteiger partial charge on any atom is 0.307 e. The van der Waals surface area contributed by atoms with Crippen molar-refractivity contribution in [3.05, 3.63) is 78.2 Å². The van der Waals surface area contributed by atoms with Gasteiger partial charge in [-0.05, 0) is 61.5 Å². The third kappa shape index (κ3) is 5.15. The highest BCUT2D eigenvalue weighted by atomic mass is 16.5. The van der Waals surface area contributed by atoms with E-state index >= 15 is 0 Å². The van der Waals surface area contributed by atoms with E-state index in [4.69, 9.17) is 15.0 Å². The number of fused-ring (bicyclic) bond motifs is 1. The van der Waals surface area contributed by atoms with Crippen LogP contribution in [0.2, 0.25) is 0 Å². The molecule has 4 aromatic rings. The van der Waals surface area contributed by atoms with Crippen LogP contribution in [0.15, 0.2) is 66.9 Å². The van der Waals surface area contributed by atoms with Crippen molar-refractivity contribution in [1.29, 1.82) is 5.26 Å². The largest absolute Gasteiger partial charge is 0.466 e. The van der Waals surface area contributed by atoms with Gasteiger partial charge in [-0.25, -0.2) is 9.97 Å². The lowest BCUT2D eigenvalue weighted by molar-refractivity contribution is -0.142. The Balaban J connectivity index is 1.57. The molecule has 0 radical (unpaired) electrons. The summed E-state index contributed by atoms with van der Waals surface area (Å²) in [6, 6.07) is 21.2. The van der Waals surface area contributed by atoms with Crippen LogP contribution in [0.1, 0.15) is 24.7 Å². The lowest BCUT2D eigenvalue weighted by atomic mass is 10.2. The van der Waals surface area contributed by atoms with Gasteiger partial charge in [-0.1, -0.05) is 6.07 Å². The minimum atomic E-state index is -0.237. The van der Waals surface area contributed by atoms with Crippen molar-refractivity contribution in [3.8, 4) is 6.07 Å². The summed E-state index contributed by atoms with van der Waals surface area (Å²) in [7, 11) is 1.99. The molecule has 0 saturated heterocycles. The number of carbonyl (C=O) groups excluding carboxylic acids is 1. The summed E-state index contributed by atoms with van der Waals surface area (Å²) in [6.45, 7) is 3.15. The smallest absolute Gasteiger partial charge is 0.307 e. The van der Waals surface area contributed by atoms with Gasteiger partial charge in [0.2, 0.25) is 0 Å². The zero-order valence-electron chi connectivity index (χ0n) is 19.2. The maximum atomic E-state index is 12.0. The van der Waals surface area contributed by atoms with E-state index in [0.29, 0.717) is 25.3 Å². The first-order valence-electron chi connectivity index (χ1n) is 11.1. The maximum absolute atomic E-state index is 12.0. The molecule has 4 rings (SSSR count). The van der Waals surface area contributed by atoms with Crippen LogP contribution < -0.4 is 10.2 Å². The Bertz CT molecular complexity index is 1310. The fourth-order valence-electron chi connectivity index (χ4n) is 3.73.